The normalized spacial score (nSPS) is 11.6. The molecule has 0 fully saturated rings. The van der Waals surface area contributed by atoms with Crippen molar-refractivity contribution in [3.05, 3.63) is 41.0 Å². The predicted octanol–water partition coefficient (Wildman–Crippen LogP) is 3.79. The SMILES string of the molecule is F/C(Cl)=C/Sc1ccccc1. The smallest absolute Gasteiger partial charge is 0.193 e. The fraction of sp³-hybridized carbons (Fsp3) is 0. The lowest BCUT2D eigenvalue weighted by Gasteiger charge is -1.92. The summed E-state index contributed by atoms with van der Waals surface area (Å²) in [7, 11) is 0. The van der Waals surface area contributed by atoms with Crippen LogP contribution in [0.25, 0.3) is 0 Å². The highest BCUT2D eigenvalue weighted by Crippen LogP contribution is 2.21. The van der Waals surface area contributed by atoms with Crippen LogP contribution in [-0.2, 0) is 0 Å². The van der Waals surface area contributed by atoms with Gasteiger partial charge in [-0.25, -0.2) is 0 Å². The van der Waals surface area contributed by atoms with E-state index in [-0.39, 0.29) is 0 Å². The van der Waals surface area contributed by atoms with Crippen LogP contribution in [0.3, 0.4) is 0 Å². The minimum Gasteiger partial charge on any atom is -0.193 e. The van der Waals surface area contributed by atoms with E-state index < -0.39 is 5.29 Å². The summed E-state index contributed by atoms with van der Waals surface area (Å²) < 4.78 is 12.0. The molecule has 1 aromatic carbocycles. The van der Waals surface area contributed by atoms with E-state index in [0.29, 0.717) is 0 Å². The first kappa shape index (κ1) is 8.62. The van der Waals surface area contributed by atoms with Crippen molar-refractivity contribution in [3.63, 3.8) is 0 Å². The first-order valence-corrected chi connectivity index (χ1v) is 4.27. The summed E-state index contributed by atoms with van der Waals surface area (Å²) in [5.41, 5.74) is 0. The number of halogens is 2. The van der Waals surface area contributed by atoms with Crippen LogP contribution in [-0.4, -0.2) is 0 Å². The Kier molecular flexibility index (Phi) is 3.46. The van der Waals surface area contributed by atoms with Gasteiger partial charge in [-0.05, 0) is 12.1 Å². The molecule has 0 aliphatic rings. The molecule has 3 heteroatoms. The molecular weight excluding hydrogens is 183 g/mol. The lowest BCUT2D eigenvalue weighted by atomic mass is 10.4. The van der Waals surface area contributed by atoms with Crippen molar-refractivity contribution < 1.29 is 4.39 Å². The monoisotopic (exact) mass is 188 g/mol. The van der Waals surface area contributed by atoms with Gasteiger partial charge < -0.3 is 0 Å². The van der Waals surface area contributed by atoms with E-state index in [9.17, 15) is 4.39 Å². The Hall–Kier alpha value is -0.470. The number of rotatable bonds is 2. The first-order valence-electron chi connectivity index (χ1n) is 3.02. The molecule has 0 nitrogen and oxygen atoms in total. The molecule has 1 aromatic rings. The van der Waals surface area contributed by atoms with E-state index in [1.54, 1.807) is 0 Å². The zero-order valence-electron chi connectivity index (χ0n) is 5.63. The van der Waals surface area contributed by atoms with Crippen molar-refractivity contribution >= 4 is 23.4 Å². The molecule has 0 radical (unpaired) electrons. The third kappa shape index (κ3) is 3.44. The molecule has 58 valence electrons. The zero-order valence-corrected chi connectivity index (χ0v) is 7.20. The van der Waals surface area contributed by atoms with E-state index >= 15 is 0 Å². The number of thioether (sulfide) groups is 1. The second kappa shape index (κ2) is 4.42. The minimum absolute atomic E-state index is 0.682. The summed E-state index contributed by atoms with van der Waals surface area (Å²) in [6.07, 6.45) is 0. The molecule has 0 aromatic heterocycles. The van der Waals surface area contributed by atoms with Crippen LogP contribution in [0.15, 0.2) is 45.9 Å². The highest BCUT2D eigenvalue weighted by atomic mass is 35.5. The van der Waals surface area contributed by atoms with Crippen LogP contribution >= 0.6 is 23.4 Å². The largest absolute Gasteiger partial charge is 0.195 e. The average molecular weight is 189 g/mol. The Morgan fingerprint density at radius 2 is 2.00 bits per heavy atom. The van der Waals surface area contributed by atoms with Gasteiger partial charge in [-0.15, -0.1) is 0 Å². The molecule has 0 N–H and O–H groups in total. The van der Waals surface area contributed by atoms with Crippen LogP contribution in [0.1, 0.15) is 0 Å². The van der Waals surface area contributed by atoms with Crippen LogP contribution in [0.4, 0.5) is 4.39 Å². The van der Waals surface area contributed by atoms with Crippen molar-refractivity contribution in [2.45, 2.75) is 4.90 Å². The lowest BCUT2D eigenvalue weighted by molar-refractivity contribution is 0.697. The fourth-order valence-corrected chi connectivity index (χ4v) is 1.28. The summed E-state index contributed by atoms with van der Waals surface area (Å²) in [6.45, 7) is 0. The van der Waals surface area contributed by atoms with Crippen molar-refractivity contribution in [2.75, 3.05) is 0 Å². The van der Waals surface area contributed by atoms with Crippen molar-refractivity contribution in [3.8, 4) is 0 Å². The van der Waals surface area contributed by atoms with Crippen molar-refractivity contribution in [1.29, 1.82) is 0 Å². The van der Waals surface area contributed by atoms with E-state index in [2.05, 4.69) is 0 Å². The predicted molar refractivity (Wildman–Crippen MR) is 47.3 cm³/mol. The molecule has 0 heterocycles. The molecule has 0 aliphatic carbocycles. The summed E-state index contributed by atoms with van der Waals surface area (Å²) in [4.78, 5) is 0.975. The Bertz CT molecular complexity index is 242. The lowest BCUT2D eigenvalue weighted by Crippen LogP contribution is -1.64. The minimum atomic E-state index is -0.682. The molecule has 0 amide bonds. The van der Waals surface area contributed by atoms with Gasteiger partial charge in [-0.3, -0.25) is 0 Å². The highest BCUT2D eigenvalue weighted by Gasteiger charge is 1.89. The highest BCUT2D eigenvalue weighted by molar-refractivity contribution is 8.02. The van der Waals surface area contributed by atoms with Crippen LogP contribution < -0.4 is 0 Å². The summed E-state index contributed by atoms with van der Waals surface area (Å²) in [6, 6.07) is 9.47. The number of benzene rings is 1. The van der Waals surface area contributed by atoms with E-state index in [4.69, 9.17) is 11.6 Å². The number of hydrogen-bond donors (Lipinski definition) is 0. The first-order chi connectivity index (χ1) is 5.29. The van der Waals surface area contributed by atoms with E-state index in [0.717, 1.165) is 4.90 Å². The van der Waals surface area contributed by atoms with Gasteiger partial charge >= 0.3 is 0 Å². The van der Waals surface area contributed by atoms with E-state index in [1.807, 2.05) is 30.3 Å². The van der Waals surface area contributed by atoms with Gasteiger partial charge in [-0.2, -0.15) is 4.39 Å². The zero-order chi connectivity index (χ0) is 8.10. The molecule has 0 unspecified atom stereocenters. The topological polar surface area (TPSA) is 0 Å². The maximum Gasteiger partial charge on any atom is 0.195 e. The van der Waals surface area contributed by atoms with Gasteiger partial charge in [0, 0.05) is 10.3 Å². The molecule has 0 bridgehead atoms. The van der Waals surface area contributed by atoms with Gasteiger partial charge in [0.05, 0.1) is 0 Å². The van der Waals surface area contributed by atoms with Crippen molar-refractivity contribution in [2.24, 2.45) is 0 Å². The van der Waals surface area contributed by atoms with Crippen LogP contribution in [0, 0.1) is 0 Å². The third-order valence-electron chi connectivity index (χ3n) is 1.03. The second-order valence-corrected chi connectivity index (χ2v) is 3.14. The van der Waals surface area contributed by atoms with Crippen LogP contribution in [0.5, 0.6) is 0 Å². The average Bonchev–Trinajstić information content (AvgIpc) is 2.03. The van der Waals surface area contributed by atoms with Gasteiger partial charge in [0.1, 0.15) is 0 Å². The van der Waals surface area contributed by atoms with Gasteiger partial charge in [0.15, 0.2) is 5.29 Å². The fourth-order valence-electron chi connectivity index (χ4n) is 0.612. The quantitative estimate of drug-likeness (QED) is 0.637. The Labute approximate surface area is 74.1 Å². The Balaban J connectivity index is 2.59. The molecule has 11 heavy (non-hydrogen) atoms. The molecule has 0 spiro atoms. The standard InChI is InChI=1S/C8H6ClFS/c9-8(10)6-11-7-4-2-1-3-5-7/h1-6H/b8-6+. The molecule has 0 saturated carbocycles. The van der Waals surface area contributed by atoms with E-state index in [1.165, 1.54) is 17.2 Å². The molecule has 0 aliphatic heterocycles. The van der Waals surface area contributed by atoms with Crippen LogP contribution in [0.2, 0.25) is 0 Å². The molecular formula is C8H6ClFS. The van der Waals surface area contributed by atoms with Gasteiger partial charge in [-0.1, -0.05) is 41.6 Å². The summed E-state index contributed by atoms with van der Waals surface area (Å²) in [5, 5.41) is 0.579. The van der Waals surface area contributed by atoms with Gasteiger partial charge in [0.2, 0.25) is 0 Å². The summed E-state index contributed by atoms with van der Waals surface area (Å²) >= 11 is 6.26. The molecule has 0 saturated heterocycles. The summed E-state index contributed by atoms with van der Waals surface area (Å²) in [5.74, 6) is 0. The third-order valence-corrected chi connectivity index (χ3v) is 2.13. The Morgan fingerprint density at radius 3 is 2.55 bits per heavy atom. The van der Waals surface area contributed by atoms with Crippen molar-refractivity contribution in [1.82, 2.24) is 0 Å². The Morgan fingerprint density at radius 1 is 1.36 bits per heavy atom. The van der Waals surface area contributed by atoms with Gasteiger partial charge in [0.25, 0.3) is 0 Å². The molecule has 1 rings (SSSR count). The second-order valence-electron chi connectivity index (χ2n) is 1.84. The molecule has 0 atom stereocenters. The maximum atomic E-state index is 12.0. The number of hydrogen-bond acceptors (Lipinski definition) is 1. The maximum absolute atomic E-state index is 12.0.